The second-order valence-corrected chi connectivity index (χ2v) is 4.03. The lowest BCUT2D eigenvalue weighted by atomic mass is 9.88. The Morgan fingerprint density at radius 2 is 2.06 bits per heavy atom. The third-order valence-electron chi connectivity index (χ3n) is 2.86. The van der Waals surface area contributed by atoms with Crippen molar-refractivity contribution in [2.45, 2.75) is 31.7 Å². The normalized spacial score (nSPS) is 23.7. The monoisotopic (exact) mass is 259 g/mol. The van der Waals surface area contributed by atoms with Gasteiger partial charge in [0, 0.05) is 13.3 Å². The number of esters is 2. The number of ether oxygens (including phenoxy) is 2. The van der Waals surface area contributed by atoms with E-state index in [2.05, 4.69) is 0 Å². The van der Waals surface area contributed by atoms with Crippen molar-refractivity contribution in [1.82, 2.24) is 5.06 Å². The molecule has 18 heavy (non-hydrogen) atoms. The molecule has 0 unspecified atom stereocenters. The maximum absolute atomic E-state index is 11.9. The van der Waals surface area contributed by atoms with Crippen molar-refractivity contribution in [3.63, 3.8) is 0 Å². The number of hydrogen-bond acceptors (Lipinski definition) is 6. The summed E-state index contributed by atoms with van der Waals surface area (Å²) in [5.41, 5.74) is -1.38. The van der Waals surface area contributed by atoms with Crippen LogP contribution in [0.4, 0.5) is 0 Å². The lowest BCUT2D eigenvalue weighted by Gasteiger charge is -2.41. The molecule has 7 heteroatoms. The molecule has 0 bridgehead atoms. The van der Waals surface area contributed by atoms with E-state index in [4.69, 9.17) is 14.3 Å². The van der Waals surface area contributed by atoms with Gasteiger partial charge in [-0.2, -0.15) is 0 Å². The van der Waals surface area contributed by atoms with E-state index in [1.165, 1.54) is 21.1 Å². The highest BCUT2D eigenvalue weighted by Crippen LogP contribution is 2.31. The van der Waals surface area contributed by atoms with E-state index >= 15 is 0 Å². The Balaban J connectivity index is 3.03. The molecule has 1 atom stereocenters. The molecule has 1 aliphatic rings. The van der Waals surface area contributed by atoms with Crippen molar-refractivity contribution < 1.29 is 28.7 Å². The molecule has 1 amide bonds. The molecule has 0 N–H and O–H groups in total. The standard InChI is InChI=1S/C11H17NO6/c1-8(13)18-7-11(10(15)16-2)6-4-5-9(14)12(11)17-3/h4-7H2,1-3H3/t11-/m1/s1. The Morgan fingerprint density at radius 3 is 2.56 bits per heavy atom. The summed E-state index contributed by atoms with van der Waals surface area (Å²) in [5, 5.41) is 0.950. The first-order valence-corrected chi connectivity index (χ1v) is 5.57. The highest BCUT2D eigenvalue weighted by atomic mass is 16.7. The third-order valence-corrected chi connectivity index (χ3v) is 2.86. The molecule has 7 nitrogen and oxygen atoms in total. The third kappa shape index (κ3) is 2.61. The zero-order chi connectivity index (χ0) is 13.8. The summed E-state index contributed by atoms with van der Waals surface area (Å²) < 4.78 is 9.58. The summed E-state index contributed by atoms with van der Waals surface area (Å²) in [6.45, 7) is 0.960. The Hall–Kier alpha value is -1.63. The molecule has 0 radical (unpaired) electrons. The zero-order valence-electron chi connectivity index (χ0n) is 10.7. The van der Waals surface area contributed by atoms with Crippen LogP contribution < -0.4 is 0 Å². The molecule has 1 heterocycles. The molecule has 0 aliphatic carbocycles. The van der Waals surface area contributed by atoms with Crippen LogP contribution in [-0.2, 0) is 28.7 Å². The van der Waals surface area contributed by atoms with Crippen LogP contribution in [0.5, 0.6) is 0 Å². The quantitative estimate of drug-likeness (QED) is 0.663. The molecule has 1 saturated heterocycles. The Morgan fingerprint density at radius 1 is 1.39 bits per heavy atom. The molecule has 0 aromatic heterocycles. The van der Waals surface area contributed by atoms with Crippen molar-refractivity contribution in [2.75, 3.05) is 20.8 Å². The minimum atomic E-state index is -1.38. The highest BCUT2D eigenvalue weighted by Gasteiger charge is 2.51. The molecule has 1 aliphatic heterocycles. The number of carbonyl (C=O) groups is 3. The predicted octanol–water partition coefficient (Wildman–Crippen LogP) is 0.0352. The fourth-order valence-electron chi connectivity index (χ4n) is 2.04. The number of nitrogens with zero attached hydrogens (tertiary/aromatic N) is 1. The molecule has 0 spiro atoms. The van der Waals surface area contributed by atoms with Gasteiger partial charge in [-0.3, -0.25) is 14.4 Å². The lowest BCUT2D eigenvalue weighted by molar-refractivity contribution is -0.234. The number of carbonyl (C=O) groups excluding carboxylic acids is 3. The van der Waals surface area contributed by atoms with Crippen LogP contribution in [0, 0.1) is 0 Å². The first-order chi connectivity index (χ1) is 8.47. The maximum Gasteiger partial charge on any atom is 0.338 e. The summed E-state index contributed by atoms with van der Waals surface area (Å²) in [6.07, 6.45) is 1.12. The van der Waals surface area contributed by atoms with Gasteiger partial charge >= 0.3 is 11.9 Å². The van der Waals surface area contributed by atoms with Crippen LogP contribution in [0.2, 0.25) is 0 Å². The second-order valence-electron chi connectivity index (χ2n) is 4.03. The molecule has 0 aromatic carbocycles. The van der Waals surface area contributed by atoms with Gasteiger partial charge in [-0.15, -0.1) is 0 Å². The number of amides is 1. The minimum Gasteiger partial charge on any atom is -0.467 e. The number of piperidine rings is 1. The fourth-order valence-corrected chi connectivity index (χ4v) is 2.04. The first-order valence-electron chi connectivity index (χ1n) is 5.57. The van der Waals surface area contributed by atoms with Gasteiger partial charge in [0.15, 0.2) is 0 Å². The summed E-state index contributed by atoms with van der Waals surface area (Å²) in [5.74, 6) is -1.52. The van der Waals surface area contributed by atoms with Gasteiger partial charge in [0.25, 0.3) is 0 Å². The fraction of sp³-hybridized carbons (Fsp3) is 0.727. The smallest absolute Gasteiger partial charge is 0.338 e. The number of hydroxylamine groups is 2. The summed E-state index contributed by atoms with van der Waals surface area (Å²) in [4.78, 5) is 39.6. The Bertz CT molecular complexity index is 355. The highest BCUT2D eigenvalue weighted by molar-refractivity contribution is 5.89. The zero-order valence-corrected chi connectivity index (χ0v) is 10.7. The summed E-state index contributed by atoms with van der Waals surface area (Å²) in [7, 11) is 2.50. The Labute approximate surface area is 105 Å². The van der Waals surface area contributed by atoms with E-state index in [0.29, 0.717) is 12.8 Å². The minimum absolute atomic E-state index is 0.269. The van der Waals surface area contributed by atoms with Crippen molar-refractivity contribution in [2.24, 2.45) is 0 Å². The van der Waals surface area contributed by atoms with Gasteiger partial charge in [0.05, 0.1) is 14.2 Å². The van der Waals surface area contributed by atoms with Gasteiger partial charge in [-0.05, 0) is 12.8 Å². The number of hydrogen-bond donors (Lipinski definition) is 0. The van der Waals surface area contributed by atoms with Crippen molar-refractivity contribution in [3.05, 3.63) is 0 Å². The molecule has 1 fully saturated rings. The average molecular weight is 259 g/mol. The van der Waals surface area contributed by atoms with Crippen LogP contribution in [0.3, 0.4) is 0 Å². The van der Waals surface area contributed by atoms with Crippen molar-refractivity contribution >= 4 is 17.8 Å². The number of rotatable bonds is 4. The largest absolute Gasteiger partial charge is 0.467 e. The topological polar surface area (TPSA) is 82.1 Å². The molecule has 102 valence electrons. The van der Waals surface area contributed by atoms with E-state index in [1.54, 1.807) is 0 Å². The van der Waals surface area contributed by atoms with E-state index in [9.17, 15) is 14.4 Å². The van der Waals surface area contributed by atoms with Crippen molar-refractivity contribution in [3.8, 4) is 0 Å². The van der Waals surface area contributed by atoms with Crippen LogP contribution in [0.25, 0.3) is 0 Å². The maximum atomic E-state index is 11.9. The van der Waals surface area contributed by atoms with E-state index in [-0.39, 0.29) is 18.9 Å². The van der Waals surface area contributed by atoms with Crippen LogP contribution in [0.15, 0.2) is 0 Å². The molecular weight excluding hydrogens is 242 g/mol. The van der Waals surface area contributed by atoms with E-state index in [0.717, 1.165) is 5.06 Å². The Kier molecular flexibility index (Phi) is 4.66. The van der Waals surface area contributed by atoms with Gasteiger partial charge in [0.1, 0.15) is 6.61 Å². The molecule has 1 rings (SSSR count). The first kappa shape index (κ1) is 14.4. The van der Waals surface area contributed by atoms with Crippen LogP contribution in [0.1, 0.15) is 26.2 Å². The molecule has 0 saturated carbocycles. The van der Waals surface area contributed by atoms with E-state index < -0.39 is 17.5 Å². The van der Waals surface area contributed by atoms with Crippen molar-refractivity contribution in [1.29, 1.82) is 0 Å². The second kappa shape index (κ2) is 5.81. The van der Waals surface area contributed by atoms with E-state index in [1.807, 2.05) is 0 Å². The lowest BCUT2D eigenvalue weighted by Crippen LogP contribution is -2.62. The molecular formula is C11H17NO6. The van der Waals surface area contributed by atoms with Crippen LogP contribution in [-0.4, -0.2) is 49.3 Å². The summed E-state index contributed by atoms with van der Waals surface area (Å²) >= 11 is 0. The predicted molar refractivity (Wildman–Crippen MR) is 59.1 cm³/mol. The SMILES string of the molecule is COC(=O)[C@]1(COC(C)=O)CCCC(=O)N1OC. The van der Waals surface area contributed by atoms with Gasteiger partial charge < -0.3 is 9.47 Å². The van der Waals surface area contributed by atoms with Crippen LogP contribution >= 0.6 is 0 Å². The van der Waals surface area contributed by atoms with Gasteiger partial charge in [-0.25, -0.2) is 9.86 Å². The number of methoxy groups -OCH3 is 1. The van der Waals surface area contributed by atoms with Gasteiger partial charge in [0.2, 0.25) is 11.4 Å². The summed E-state index contributed by atoms with van der Waals surface area (Å²) in [6, 6.07) is 0. The average Bonchev–Trinajstić information content (AvgIpc) is 2.35. The van der Waals surface area contributed by atoms with Gasteiger partial charge in [-0.1, -0.05) is 0 Å². The molecule has 0 aromatic rings.